The standard InChI is InChI=1S/C14H17FO2/c1-4-11-10(3)12(6-7-13(11)15)14(5-2)16-8-9-17-14/h4,6-7H,1,5,8-9H2,2-3H3. The number of ether oxygens (including phenoxy) is 2. The summed E-state index contributed by atoms with van der Waals surface area (Å²) in [4.78, 5) is 0. The Labute approximate surface area is 101 Å². The SMILES string of the molecule is C=Cc1c(F)ccc(C2(CC)OCCO2)c1C. The minimum atomic E-state index is -0.713. The Morgan fingerprint density at radius 1 is 1.41 bits per heavy atom. The van der Waals surface area contributed by atoms with Crippen molar-refractivity contribution in [2.24, 2.45) is 0 Å². The van der Waals surface area contributed by atoms with E-state index in [1.54, 1.807) is 6.07 Å². The summed E-state index contributed by atoms with van der Waals surface area (Å²) < 4.78 is 25.0. The summed E-state index contributed by atoms with van der Waals surface area (Å²) in [6.45, 7) is 8.68. The minimum absolute atomic E-state index is 0.259. The van der Waals surface area contributed by atoms with Crippen molar-refractivity contribution in [1.82, 2.24) is 0 Å². The second-order valence-corrected chi connectivity index (χ2v) is 4.14. The van der Waals surface area contributed by atoms with Gasteiger partial charge in [-0.25, -0.2) is 4.39 Å². The predicted molar refractivity (Wildman–Crippen MR) is 65.1 cm³/mol. The van der Waals surface area contributed by atoms with Crippen LogP contribution in [0, 0.1) is 12.7 Å². The zero-order valence-corrected chi connectivity index (χ0v) is 10.3. The first-order chi connectivity index (χ1) is 8.14. The second-order valence-electron chi connectivity index (χ2n) is 4.14. The second kappa shape index (κ2) is 4.59. The van der Waals surface area contributed by atoms with E-state index in [2.05, 4.69) is 6.58 Å². The molecule has 1 aliphatic heterocycles. The van der Waals surface area contributed by atoms with E-state index in [1.165, 1.54) is 12.1 Å². The van der Waals surface area contributed by atoms with Crippen molar-refractivity contribution in [3.05, 3.63) is 41.2 Å². The van der Waals surface area contributed by atoms with E-state index in [1.807, 2.05) is 13.8 Å². The zero-order chi connectivity index (χ0) is 12.5. The highest BCUT2D eigenvalue weighted by molar-refractivity contribution is 5.55. The largest absolute Gasteiger partial charge is 0.343 e. The Morgan fingerprint density at radius 3 is 2.59 bits per heavy atom. The number of hydrogen-bond donors (Lipinski definition) is 0. The summed E-state index contributed by atoms with van der Waals surface area (Å²) >= 11 is 0. The van der Waals surface area contributed by atoms with E-state index in [-0.39, 0.29) is 5.82 Å². The molecule has 2 rings (SSSR count). The third-order valence-corrected chi connectivity index (χ3v) is 3.30. The molecule has 0 bridgehead atoms. The van der Waals surface area contributed by atoms with Gasteiger partial charge < -0.3 is 9.47 Å². The van der Waals surface area contributed by atoms with Gasteiger partial charge in [0, 0.05) is 17.5 Å². The van der Waals surface area contributed by atoms with Crippen LogP contribution in [0.3, 0.4) is 0 Å². The first kappa shape index (κ1) is 12.3. The Bertz CT molecular complexity index is 434. The van der Waals surface area contributed by atoms with Crippen LogP contribution < -0.4 is 0 Å². The molecular weight excluding hydrogens is 219 g/mol. The summed E-state index contributed by atoms with van der Waals surface area (Å²) in [6.07, 6.45) is 2.24. The summed E-state index contributed by atoms with van der Waals surface area (Å²) in [5.74, 6) is -0.972. The average Bonchev–Trinajstić information content (AvgIpc) is 2.79. The molecule has 1 heterocycles. The van der Waals surface area contributed by atoms with Crippen LogP contribution in [0.25, 0.3) is 6.08 Å². The Kier molecular flexibility index (Phi) is 3.31. The summed E-state index contributed by atoms with van der Waals surface area (Å²) in [6, 6.07) is 3.19. The van der Waals surface area contributed by atoms with Crippen LogP contribution in [-0.4, -0.2) is 13.2 Å². The van der Waals surface area contributed by atoms with Gasteiger partial charge in [-0.15, -0.1) is 0 Å². The highest BCUT2D eigenvalue weighted by atomic mass is 19.1. The summed E-state index contributed by atoms with van der Waals surface area (Å²) in [7, 11) is 0. The number of halogens is 1. The number of hydrogen-bond acceptors (Lipinski definition) is 2. The third-order valence-electron chi connectivity index (χ3n) is 3.30. The van der Waals surface area contributed by atoms with Crippen molar-refractivity contribution < 1.29 is 13.9 Å². The first-order valence-electron chi connectivity index (χ1n) is 5.84. The maximum Gasteiger partial charge on any atom is 0.194 e. The molecule has 92 valence electrons. The fraction of sp³-hybridized carbons (Fsp3) is 0.429. The van der Waals surface area contributed by atoms with Gasteiger partial charge in [-0.3, -0.25) is 0 Å². The lowest BCUT2D eigenvalue weighted by molar-refractivity contribution is -0.168. The molecule has 1 aromatic carbocycles. The predicted octanol–water partition coefficient (Wildman–Crippen LogP) is 3.39. The molecule has 0 N–H and O–H groups in total. The summed E-state index contributed by atoms with van der Waals surface area (Å²) in [5.41, 5.74) is 2.26. The van der Waals surface area contributed by atoms with E-state index in [9.17, 15) is 4.39 Å². The molecule has 3 heteroatoms. The van der Waals surface area contributed by atoms with Gasteiger partial charge in [0.15, 0.2) is 5.79 Å². The topological polar surface area (TPSA) is 18.5 Å². The third kappa shape index (κ3) is 1.90. The first-order valence-corrected chi connectivity index (χ1v) is 5.84. The zero-order valence-electron chi connectivity index (χ0n) is 10.3. The molecule has 1 saturated heterocycles. The van der Waals surface area contributed by atoms with Gasteiger partial charge in [-0.1, -0.05) is 25.6 Å². The van der Waals surface area contributed by atoms with E-state index in [0.29, 0.717) is 25.2 Å². The van der Waals surface area contributed by atoms with Gasteiger partial charge in [0.25, 0.3) is 0 Å². The van der Waals surface area contributed by atoms with Gasteiger partial charge >= 0.3 is 0 Å². The van der Waals surface area contributed by atoms with E-state index >= 15 is 0 Å². The average molecular weight is 236 g/mol. The quantitative estimate of drug-likeness (QED) is 0.801. The Hall–Kier alpha value is -1.19. The fourth-order valence-corrected chi connectivity index (χ4v) is 2.36. The molecule has 0 spiro atoms. The molecule has 0 aliphatic carbocycles. The monoisotopic (exact) mass is 236 g/mol. The molecule has 0 saturated carbocycles. The van der Waals surface area contributed by atoms with Gasteiger partial charge in [-0.2, -0.15) is 0 Å². The van der Waals surface area contributed by atoms with E-state index < -0.39 is 5.79 Å². The van der Waals surface area contributed by atoms with Crippen LogP contribution >= 0.6 is 0 Å². The molecule has 0 radical (unpaired) electrons. The molecule has 0 unspecified atom stereocenters. The number of benzene rings is 1. The highest BCUT2D eigenvalue weighted by Crippen LogP contribution is 2.38. The summed E-state index contributed by atoms with van der Waals surface area (Å²) in [5, 5.41) is 0. The molecule has 1 aromatic rings. The van der Waals surface area contributed by atoms with E-state index in [4.69, 9.17) is 9.47 Å². The smallest absolute Gasteiger partial charge is 0.194 e. The molecule has 17 heavy (non-hydrogen) atoms. The molecule has 0 aromatic heterocycles. The maximum atomic E-state index is 13.6. The molecule has 2 nitrogen and oxygen atoms in total. The molecular formula is C14H17FO2. The number of rotatable bonds is 3. The van der Waals surface area contributed by atoms with Crippen LogP contribution in [0.15, 0.2) is 18.7 Å². The molecule has 0 amide bonds. The fourth-order valence-electron chi connectivity index (χ4n) is 2.36. The van der Waals surface area contributed by atoms with Crippen molar-refractivity contribution in [3.8, 4) is 0 Å². The van der Waals surface area contributed by atoms with Gasteiger partial charge in [0.05, 0.1) is 13.2 Å². The van der Waals surface area contributed by atoms with Crippen LogP contribution in [0.4, 0.5) is 4.39 Å². The van der Waals surface area contributed by atoms with Gasteiger partial charge in [0.2, 0.25) is 0 Å². The molecule has 0 atom stereocenters. The van der Waals surface area contributed by atoms with Gasteiger partial charge in [0.1, 0.15) is 5.82 Å². The molecule has 1 fully saturated rings. The maximum absolute atomic E-state index is 13.6. The van der Waals surface area contributed by atoms with Crippen LogP contribution in [0.2, 0.25) is 0 Å². The Morgan fingerprint density at radius 2 is 2.06 bits per heavy atom. The van der Waals surface area contributed by atoms with Crippen molar-refractivity contribution in [2.75, 3.05) is 13.2 Å². The lowest BCUT2D eigenvalue weighted by Crippen LogP contribution is -2.27. The van der Waals surface area contributed by atoms with Crippen LogP contribution in [0.5, 0.6) is 0 Å². The lowest BCUT2D eigenvalue weighted by atomic mass is 9.94. The minimum Gasteiger partial charge on any atom is -0.343 e. The Balaban J connectivity index is 2.55. The lowest BCUT2D eigenvalue weighted by Gasteiger charge is -2.28. The van der Waals surface area contributed by atoms with Crippen LogP contribution in [0.1, 0.15) is 30.0 Å². The normalized spacial score (nSPS) is 18.3. The van der Waals surface area contributed by atoms with E-state index in [0.717, 1.165) is 11.1 Å². The van der Waals surface area contributed by atoms with Gasteiger partial charge in [-0.05, 0) is 18.6 Å². The molecule has 1 aliphatic rings. The van der Waals surface area contributed by atoms with Crippen molar-refractivity contribution in [3.63, 3.8) is 0 Å². The highest BCUT2D eigenvalue weighted by Gasteiger charge is 2.38. The van der Waals surface area contributed by atoms with Crippen molar-refractivity contribution in [2.45, 2.75) is 26.1 Å². The van der Waals surface area contributed by atoms with Crippen molar-refractivity contribution >= 4 is 6.08 Å². The van der Waals surface area contributed by atoms with Crippen molar-refractivity contribution in [1.29, 1.82) is 0 Å². The van der Waals surface area contributed by atoms with Crippen LogP contribution in [-0.2, 0) is 15.3 Å².